The van der Waals surface area contributed by atoms with Gasteiger partial charge < -0.3 is 9.73 Å². The van der Waals surface area contributed by atoms with Gasteiger partial charge in [0, 0.05) is 0 Å². The van der Waals surface area contributed by atoms with E-state index in [4.69, 9.17) is 16.0 Å². The molecule has 2 aromatic heterocycles. The molecule has 0 spiro atoms. The van der Waals surface area contributed by atoms with E-state index < -0.39 is 11.8 Å². The van der Waals surface area contributed by atoms with Crippen LogP contribution >= 0.6 is 11.6 Å². The van der Waals surface area contributed by atoms with E-state index >= 15 is 0 Å². The van der Waals surface area contributed by atoms with Gasteiger partial charge in [0.25, 0.3) is 0 Å². The fourth-order valence-corrected chi connectivity index (χ4v) is 2.59. The van der Waals surface area contributed by atoms with Crippen molar-refractivity contribution in [2.45, 2.75) is 13.5 Å². The highest BCUT2D eigenvalue weighted by Crippen LogP contribution is 2.21. The second kappa shape index (κ2) is 8.33. The molecule has 1 aromatic carbocycles. The number of nitrogens with one attached hydrogen (secondary N) is 2. The molecular formula is C18H16ClN5O3. The molecule has 2 amide bonds. The molecule has 27 heavy (non-hydrogen) atoms. The molecule has 3 aromatic rings. The maximum atomic E-state index is 11.8. The van der Waals surface area contributed by atoms with Gasteiger partial charge in [-0.15, -0.1) is 0 Å². The summed E-state index contributed by atoms with van der Waals surface area (Å²) in [6.45, 7) is 1.88. The highest BCUT2D eigenvalue weighted by atomic mass is 35.5. The Hall–Kier alpha value is -3.39. The molecule has 2 N–H and O–H groups in total. The van der Waals surface area contributed by atoms with Crippen molar-refractivity contribution in [1.29, 1.82) is 0 Å². The number of halogens is 1. The zero-order valence-electron chi connectivity index (χ0n) is 14.3. The highest BCUT2D eigenvalue weighted by molar-refractivity contribution is 6.35. The third-order valence-electron chi connectivity index (χ3n) is 3.62. The molecule has 0 fully saturated rings. The molecule has 0 atom stereocenters. The molecule has 0 aliphatic heterocycles. The third-order valence-corrected chi connectivity index (χ3v) is 3.98. The first-order valence-corrected chi connectivity index (χ1v) is 8.38. The number of aromatic nitrogens is 2. The molecule has 0 unspecified atom stereocenters. The van der Waals surface area contributed by atoms with Crippen LogP contribution in [0.25, 0.3) is 5.69 Å². The molecule has 0 saturated heterocycles. The van der Waals surface area contributed by atoms with E-state index in [1.807, 2.05) is 30.3 Å². The summed E-state index contributed by atoms with van der Waals surface area (Å²) in [6, 6.07) is 12.7. The first-order valence-electron chi connectivity index (χ1n) is 8.00. The van der Waals surface area contributed by atoms with E-state index in [0.29, 0.717) is 22.2 Å². The number of amides is 2. The summed E-state index contributed by atoms with van der Waals surface area (Å²) < 4.78 is 6.63. The number of benzene rings is 1. The molecule has 9 heteroatoms. The van der Waals surface area contributed by atoms with Gasteiger partial charge in [0.1, 0.15) is 10.9 Å². The Balaban J connectivity index is 1.62. The summed E-state index contributed by atoms with van der Waals surface area (Å²) >= 11 is 6.36. The van der Waals surface area contributed by atoms with Crippen molar-refractivity contribution in [3.8, 4) is 5.69 Å². The van der Waals surface area contributed by atoms with Gasteiger partial charge in [-0.3, -0.25) is 9.59 Å². The van der Waals surface area contributed by atoms with E-state index in [1.165, 1.54) is 12.5 Å². The second-order valence-corrected chi connectivity index (χ2v) is 5.86. The monoisotopic (exact) mass is 385 g/mol. The molecule has 0 aliphatic carbocycles. The predicted octanol–water partition coefficient (Wildman–Crippen LogP) is 2.19. The lowest BCUT2D eigenvalue weighted by Gasteiger charge is -2.02. The average Bonchev–Trinajstić information content (AvgIpc) is 3.29. The Morgan fingerprint density at radius 3 is 2.70 bits per heavy atom. The minimum atomic E-state index is -0.901. The molecule has 138 valence electrons. The second-order valence-electron chi connectivity index (χ2n) is 5.50. The van der Waals surface area contributed by atoms with Crippen LogP contribution in [0.15, 0.2) is 58.2 Å². The number of hydrogen-bond donors (Lipinski definition) is 2. The van der Waals surface area contributed by atoms with Crippen LogP contribution in [0.4, 0.5) is 0 Å². The van der Waals surface area contributed by atoms with Gasteiger partial charge in [-0.2, -0.15) is 10.2 Å². The van der Waals surface area contributed by atoms with E-state index in [2.05, 4.69) is 20.9 Å². The number of para-hydroxylation sites is 1. The lowest BCUT2D eigenvalue weighted by Crippen LogP contribution is -2.37. The number of rotatable bonds is 5. The lowest BCUT2D eigenvalue weighted by atomic mass is 10.3. The summed E-state index contributed by atoms with van der Waals surface area (Å²) in [7, 11) is 0. The summed E-state index contributed by atoms with van der Waals surface area (Å²) in [6.07, 6.45) is 2.83. The summed E-state index contributed by atoms with van der Waals surface area (Å²) in [5, 5.41) is 10.9. The van der Waals surface area contributed by atoms with Crippen LogP contribution < -0.4 is 10.7 Å². The van der Waals surface area contributed by atoms with Crippen LogP contribution in [0, 0.1) is 6.92 Å². The van der Waals surface area contributed by atoms with Gasteiger partial charge in [-0.25, -0.2) is 10.1 Å². The molecule has 0 aliphatic rings. The van der Waals surface area contributed by atoms with Crippen LogP contribution in [-0.4, -0.2) is 27.8 Å². The SMILES string of the molecule is Cc1nn(-c2ccccc2)c(Cl)c1/C=N/NC(=O)C(=O)NCc1ccco1. The van der Waals surface area contributed by atoms with Crippen molar-refractivity contribution in [1.82, 2.24) is 20.5 Å². The van der Waals surface area contributed by atoms with Crippen molar-refractivity contribution in [2.75, 3.05) is 0 Å². The van der Waals surface area contributed by atoms with E-state index in [-0.39, 0.29) is 6.54 Å². The van der Waals surface area contributed by atoms with Gasteiger partial charge in [-0.05, 0) is 31.2 Å². The molecular weight excluding hydrogens is 370 g/mol. The highest BCUT2D eigenvalue weighted by Gasteiger charge is 2.15. The molecule has 0 bridgehead atoms. The van der Waals surface area contributed by atoms with Crippen LogP contribution in [0.1, 0.15) is 17.0 Å². The van der Waals surface area contributed by atoms with Crippen LogP contribution in [0.2, 0.25) is 5.15 Å². The van der Waals surface area contributed by atoms with Crippen molar-refractivity contribution < 1.29 is 14.0 Å². The topological polar surface area (TPSA) is 102 Å². The van der Waals surface area contributed by atoms with Crippen LogP contribution in [0.5, 0.6) is 0 Å². The Kier molecular flexibility index (Phi) is 5.68. The van der Waals surface area contributed by atoms with Crippen LogP contribution in [-0.2, 0) is 16.1 Å². The quantitative estimate of drug-likeness (QED) is 0.399. The number of nitrogens with zero attached hydrogens (tertiary/aromatic N) is 3. The zero-order valence-corrected chi connectivity index (χ0v) is 15.1. The van der Waals surface area contributed by atoms with Crippen LogP contribution in [0.3, 0.4) is 0 Å². The zero-order chi connectivity index (χ0) is 19.2. The summed E-state index contributed by atoms with van der Waals surface area (Å²) in [4.78, 5) is 23.5. The molecule has 8 nitrogen and oxygen atoms in total. The largest absolute Gasteiger partial charge is 0.467 e. The van der Waals surface area contributed by atoms with Crippen molar-refractivity contribution in [3.05, 3.63) is 70.9 Å². The van der Waals surface area contributed by atoms with Crippen molar-refractivity contribution >= 4 is 29.6 Å². The first kappa shape index (κ1) is 18.4. The maximum Gasteiger partial charge on any atom is 0.329 e. The smallest absolute Gasteiger partial charge is 0.329 e. The van der Waals surface area contributed by atoms with Gasteiger partial charge in [0.15, 0.2) is 0 Å². The minimum absolute atomic E-state index is 0.109. The number of aryl methyl sites for hydroxylation is 1. The number of hydrazone groups is 1. The first-order chi connectivity index (χ1) is 13.1. The lowest BCUT2D eigenvalue weighted by molar-refractivity contribution is -0.139. The van der Waals surface area contributed by atoms with E-state index in [1.54, 1.807) is 23.7 Å². The fourth-order valence-electron chi connectivity index (χ4n) is 2.27. The predicted molar refractivity (Wildman–Crippen MR) is 99.6 cm³/mol. The third kappa shape index (κ3) is 4.42. The normalized spacial score (nSPS) is 10.9. The fraction of sp³-hybridized carbons (Fsp3) is 0.111. The Morgan fingerprint density at radius 1 is 1.22 bits per heavy atom. The van der Waals surface area contributed by atoms with Crippen molar-refractivity contribution in [2.24, 2.45) is 5.10 Å². The molecule has 3 rings (SSSR count). The van der Waals surface area contributed by atoms with E-state index in [0.717, 1.165) is 5.69 Å². The molecule has 0 saturated carbocycles. The standard InChI is InChI=1S/C18H16ClN5O3/c1-12-15(16(19)24(23-12)13-6-3-2-4-7-13)11-21-22-18(26)17(25)20-10-14-8-5-9-27-14/h2-9,11H,10H2,1H3,(H,20,25)(H,22,26)/b21-11+. The Labute approximate surface area is 159 Å². The number of carbonyl (C=O) groups is 2. The number of furan rings is 1. The Bertz CT molecular complexity index is 965. The summed E-state index contributed by atoms with van der Waals surface area (Å²) in [5.74, 6) is -1.19. The maximum absolute atomic E-state index is 11.8. The van der Waals surface area contributed by atoms with Gasteiger partial charge in [0.05, 0.1) is 36.0 Å². The summed E-state index contributed by atoms with van der Waals surface area (Å²) in [5.41, 5.74) is 4.12. The Morgan fingerprint density at radius 2 is 2.00 bits per heavy atom. The van der Waals surface area contributed by atoms with Gasteiger partial charge in [0.2, 0.25) is 0 Å². The molecule has 2 heterocycles. The van der Waals surface area contributed by atoms with Gasteiger partial charge >= 0.3 is 11.8 Å². The number of hydrogen-bond acceptors (Lipinski definition) is 5. The van der Waals surface area contributed by atoms with Gasteiger partial charge in [-0.1, -0.05) is 29.8 Å². The van der Waals surface area contributed by atoms with Crippen molar-refractivity contribution in [3.63, 3.8) is 0 Å². The number of carbonyl (C=O) groups excluding carboxylic acids is 2. The average molecular weight is 386 g/mol. The minimum Gasteiger partial charge on any atom is -0.467 e. The van der Waals surface area contributed by atoms with E-state index in [9.17, 15) is 9.59 Å². The molecule has 0 radical (unpaired) electrons.